The number of nitrogens with zero attached hydrogens (tertiary/aromatic N) is 2. The third-order valence-corrected chi connectivity index (χ3v) is 3.69. The number of thioether (sulfide) groups is 1. The maximum Gasteiger partial charge on any atom is 0.433 e. The van der Waals surface area contributed by atoms with E-state index < -0.39 is 11.9 Å². The van der Waals surface area contributed by atoms with Gasteiger partial charge in [-0.2, -0.15) is 13.2 Å². The maximum absolute atomic E-state index is 13.0. The molecule has 0 atom stereocenters. The van der Waals surface area contributed by atoms with Crippen LogP contribution in [0.15, 0.2) is 34.0 Å². The van der Waals surface area contributed by atoms with Gasteiger partial charge in [0.05, 0.1) is 6.26 Å². The van der Waals surface area contributed by atoms with Crippen molar-refractivity contribution in [1.82, 2.24) is 15.3 Å². The molecule has 2 heterocycles. The van der Waals surface area contributed by atoms with Gasteiger partial charge in [0.2, 0.25) is 5.91 Å². The zero-order chi connectivity index (χ0) is 18.7. The molecule has 0 aliphatic heterocycles. The smallest absolute Gasteiger partial charge is 0.433 e. The van der Waals surface area contributed by atoms with Crippen molar-refractivity contribution < 1.29 is 22.4 Å². The third kappa shape index (κ3) is 6.08. The predicted octanol–water partition coefficient (Wildman–Crippen LogP) is 4.15. The quantitative estimate of drug-likeness (QED) is 0.630. The second-order valence-corrected chi connectivity index (χ2v) is 7.35. The molecular formula is C16H18F3N3O2S. The minimum atomic E-state index is -4.59. The SMILES string of the molecule is CC(C)(C)NC(=O)CCSc1nc(-c2ccco2)cc(C(F)(F)F)n1. The average Bonchev–Trinajstić information content (AvgIpc) is 2.98. The number of hydrogen-bond acceptors (Lipinski definition) is 5. The molecular weight excluding hydrogens is 355 g/mol. The van der Waals surface area contributed by atoms with Crippen LogP contribution in [-0.2, 0) is 11.0 Å². The Morgan fingerprint density at radius 1 is 1.28 bits per heavy atom. The van der Waals surface area contributed by atoms with E-state index >= 15 is 0 Å². The van der Waals surface area contributed by atoms with Crippen molar-refractivity contribution in [2.75, 3.05) is 5.75 Å². The van der Waals surface area contributed by atoms with E-state index in [2.05, 4.69) is 15.3 Å². The lowest BCUT2D eigenvalue weighted by Crippen LogP contribution is -2.40. The molecule has 136 valence electrons. The molecule has 0 aliphatic carbocycles. The number of nitrogens with one attached hydrogen (secondary N) is 1. The molecule has 9 heteroatoms. The number of aromatic nitrogens is 2. The summed E-state index contributed by atoms with van der Waals surface area (Å²) >= 11 is 0.992. The molecule has 0 aromatic carbocycles. The molecule has 2 rings (SSSR count). The standard InChI is InChI=1S/C16H18F3N3O2S/c1-15(2,3)22-13(23)6-8-25-14-20-10(11-5-4-7-24-11)9-12(21-14)16(17,18)19/h4-5,7,9H,6,8H2,1-3H3,(H,22,23). The summed E-state index contributed by atoms with van der Waals surface area (Å²) in [6.45, 7) is 5.55. The van der Waals surface area contributed by atoms with Crippen LogP contribution < -0.4 is 5.32 Å². The molecule has 0 saturated carbocycles. The van der Waals surface area contributed by atoms with Gasteiger partial charge in [0.1, 0.15) is 11.4 Å². The number of carbonyl (C=O) groups excluding carboxylic acids is 1. The highest BCUT2D eigenvalue weighted by Crippen LogP contribution is 2.32. The van der Waals surface area contributed by atoms with Crippen molar-refractivity contribution in [1.29, 1.82) is 0 Å². The normalized spacial score (nSPS) is 12.2. The molecule has 25 heavy (non-hydrogen) atoms. The highest BCUT2D eigenvalue weighted by molar-refractivity contribution is 7.99. The Balaban J connectivity index is 2.12. The number of furan rings is 1. The molecule has 1 N–H and O–H groups in total. The van der Waals surface area contributed by atoms with Crippen molar-refractivity contribution in [3.8, 4) is 11.5 Å². The molecule has 0 aliphatic rings. The van der Waals surface area contributed by atoms with Gasteiger partial charge in [-0.25, -0.2) is 9.97 Å². The molecule has 0 radical (unpaired) electrons. The molecule has 2 aromatic heterocycles. The summed E-state index contributed by atoms with van der Waals surface area (Å²) < 4.78 is 44.2. The van der Waals surface area contributed by atoms with E-state index in [4.69, 9.17) is 4.42 Å². The first kappa shape index (κ1) is 19.3. The second-order valence-electron chi connectivity index (χ2n) is 6.29. The number of alkyl halides is 3. The molecule has 0 fully saturated rings. The van der Waals surface area contributed by atoms with Crippen molar-refractivity contribution in [3.05, 3.63) is 30.2 Å². The van der Waals surface area contributed by atoms with Gasteiger partial charge in [0.15, 0.2) is 10.9 Å². The van der Waals surface area contributed by atoms with Crippen LogP contribution in [0.4, 0.5) is 13.2 Å². The Labute approximate surface area is 147 Å². The van der Waals surface area contributed by atoms with Gasteiger partial charge >= 0.3 is 6.18 Å². The number of amides is 1. The lowest BCUT2D eigenvalue weighted by Gasteiger charge is -2.20. The first-order valence-corrected chi connectivity index (χ1v) is 8.47. The Hall–Kier alpha value is -2.03. The fourth-order valence-electron chi connectivity index (χ4n) is 1.90. The van der Waals surface area contributed by atoms with Crippen LogP contribution in [0.5, 0.6) is 0 Å². The highest BCUT2D eigenvalue weighted by atomic mass is 32.2. The van der Waals surface area contributed by atoms with Crippen molar-refractivity contribution in [3.63, 3.8) is 0 Å². The fraction of sp³-hybridized carbons (Fsp3) is 0.438. The second kappa shape index (κ2) is 7.47. The lowest BCUT2D eigenvalue weighted by atomic mass is 10.1. The van der Waals surface area contributed by atoms with Gasteiger partial charge in [-0.05, 0) is 39.0 Å². The number of rotatable bonds is 5. The number of hydrogen-bond donors (Lipinski definition) is 1. The monoisotopic (exact) mass is 373 g/mol. The molecule has 0 spiro atoms. The Kier molecular flexibility index (Phi) is 5.76. The van der Waals surface area contributed by atoms with Crippen LogP contribution in [0.2, 0.25) is 0 Å². The predicted molar refractivity (Wildman–Crippen MR) is 88.0 cm³/mol. The van der Waals surface area contributed by atoms with Gasteiger partial charge in [0.25, 0.3) is 0 Å². The molecule has 0 bridgehead atoms. The van der Waals surface area contributed by atoms with Crippen molar-refractivity contribution >= 4 is 17.7 Å². The van der Waals surface area contributed by atoms with Crippen LogP contribution in [0.1, 0.15) is 32.9 Å². The topological polar surface area (TPSA) is 68.0 Å². The summed E-state index contributed by atoms with van der Waals surface area (Å²) in [7, 11) is 0. The lowest BCUT2D eigenvalue weighted by molar-refractivity contribution is -0.141. The minimum Gasteiger partial charge on any atom is -0.463 e. The largest absolute Gasteiger partial charge is 0.463 e. The van der Waals surface area contributed by atoms with Crippen LogP contribution in [-0.4, -0.2) is 27.2 Å². The molecule has 2 aromatic rings. The van der Waals surface area contributed by atoms with Gasteiger partial charge in [-0.1, -0.05) is 11.8 Å². The highest BCUT2D eigenvalue weighted by Gasteiger charge is 2.34. The van der Waals surface area contributed by atoms with Crippen LogP contribution >= 0.6 is 11.8 Å². The van der Waals surface area contributed by atoms with E-state index in [0.717, 1.165) is 17.8 Å². The van der Waals surface area contributed by atoms with Crippen molar-refractivity contribution in [2.45, 2.75) is 44.1 Å². The molecule has 0 unspecified atom stereocenters. The molecule has 5 nitrogen and oxygen atoms in total. The summed E-state index contributed by atoms with van der Waals surface area (Å²) in [4.78, 5) is 19.4. The van der Waals surface area contributed by atoms with E-state index in [1.807, 2.05) is 20.8 Å². The Morgan fingerprint density at radius 3 is 2.56 bits per heavy atom. The van der Waals surface area contributed by atoms with E-state index in [0.29, 0.717) is 0 Å². The Bertz CT molecular complexity index is 725. The number of halogens is 3. The molecule has 1 amide bonds. The minimum absolute atomic E-state index is 0.0500. The molecule has 0 saturated heterocycles. The summed E-state index contributed by atoms with van der Waals surface area (Å²) in [6, 6.07) is 3.93. The van der Waals surface area contributed by atoms with Crippen LogP contribution in [0, 0.1) is 0 Å². The zero-order valence-electron chi connectivity index (χ0n) is 14.0. The van der Waals surface area contributed by atoms with Gasteiger partial charge < -0.3 is 9.73 Å². The third-order valence-electron chi connectivity index (χ3n) is 2.84. The van der Waals surface area contributed by atoms with Gasteiger partial charge in [0, 0.05) is 17.7 Å². The van der Waals surface area contributed by atoms with Crippen molar-refractivity contribution in [2.24, 2.45) is 0 Å². The summed E-state index contributed by atoms with van der Waals surface area (Å²) in [5.74, 6) is 0.305. The fourth-order valence-corrected chi connectivity index (χ4v) is 2.70. The van der Waals surface area contributed by atoms with E-state index in [1.54, 1.807) is 6.07 Å². The first-order chi connectivity index (χ1) is 11.5. The van der Waals surface area contributed by atoms with E-state index in [1.165, 1.54) is 12.3 Å². The first-order valence-electron chi connectivity index (χ1n) is 7.48. The number of carbonyl (C=O) groups is 1. The van der Waals surface area contributed by atoms with Crippen LogP contribution in [0.3, 0.4) is 0 Å². The summed E-state index contributed by atoms with van der Waals surface area (Å²) in [5.41, 5.74) is -1.36. The van der Waals surface area contributed by atoms with E-state index in [-0.39, 0.29) is 40.2 Å². The van der Waals surface area contributed by atoms with Gasteiger partial charge in [-0.3, -0.25) is 4.79 Å². The maximum atomic E-state index is 13.0. The van der Waals surface area contributed by atoms with Crippen LogP contribution in [0.25, 0.3) is 11.5 Å². The average molecular weight is 373 g/mol. The summed E-state index contributed by atoms with van der Waals surface area (Å²) in [6.07, 6.45) is -3.09. The zero-order valence-corrected chi connectivity index (χ0v) is 14.8. The van der Waals surface area contributed by atoms with E-state index in [9.17, 15) is 18.0 Å². The Morgan fingerprint density at radius 2 is 2.00 bits per heavy atom. The van der Waals surface area contributed by atoms with Gasteiger partial charge in [-0.15, -0.1) is 0 Å². The summed E-state index contributed by atoms with van der Waals surface area (Å²) in [5, 5.41) is 2.74.